The van der Waals surface area contributed by atoms with Crippen molar-refractivity contribution in [1.82, 2.24) is 9.61 Å². The van der Waals surface area contributed by atoms with E-state index in [4.69, 9.17) is 0 Å². The maximum Gasteiger partial charge on any atom is 0.221 e. The number of carbonyl (C=O) groups excluding carboxylic acids is 1. The standard InChI is InChI=1S/C17H15N3O/c1-13(21)19-15-12-18-20-11-7-10-16(20)17(15)14-8-5-3-2-4-6-9-14/h2-12H,1H3,(H,19,21)/b3-2-,4-2?,5-3?,6-4-,8-5?,9-6?,14-8?,14-9?. The molecule has 0 fully saturated rings. The molecule has 0 bridgehead atoms. The van der Waals surface area contributed by atoms with Gasteiger partial charge in [0.15, 0.2) is 0 Å². The smallest absolute Gasteiger partial charge is 0.221 e. The van der Waals surface area contributed by atoms with Crippen molar-refractivity contribution < 1.29 is 4.79 Å². The highest BCUT2D eigenvalue weighted by molar-refractivity contribution is 5.98. The molecule has 0 aromatic carbocycles. The molecular weight excluding hydrogens is 262 g/mol. The van der Waals surface area contributed by atoms with Crippen LogP contribution >= 0.6 is 0 Å². The Labute approximate surface area is 122 Å². The van der Waals surface area contributed by atoms with Crippen LogP contribution in [0, 0.1) is 0 Å². The molecule has 2 aromatic heterocycles. The highest BCUT2D eigenvalue weighted by Crippen LogP contribution is 2.29. The maximum absolute atomic E-state index is 11.4. The molecule has 0 saturated carbocycles. The molecular formula is C17H15N3O. The number of rotatable bonds is 2. The molecule has 1 aliphatic rings. The van der Waals surface area contributed by atoms with Crippen molar-refractivity contribution in [2.75, 3.05) is 5.32 Å². The first kappa shape index (κ1) is 13.1. The van der Waals surface area contributed by atoms with Gasteiger partial charge in [0.25, 0.3) is 0 Å². The Morgan fingerprint density at radius 1 is 1.19 bits per heavy atom. The molecule has 1 amide bonds. The summed E-state index contributed by atoms with van der Waals surface area (Å²) in [5, 5.41) is 7.17. The van der Waals surface area contributed by atoms with Gasteiger partial charge in [0.1, 0.15) is 0 Å². The van der Waals surface area contributed by atoms with Gasteiger partial charge in [-0.15, -0.1) is 0 Å². The zero-order chi connectivity index (χ0) is 14.7. The van der Waals surface area contributed by atoms with Gasteiger partial charge in [-0.25, -0.2) is 4.52 Å². The molecule has 3 rings (SSSR count). The Kier molecular flexibility index (Phi) is 3.51. The summed E-state index contributed by atoms with van der Waals surface area (Å²) >= 11 is 0. The minimum atomic E-state index is -0.111. The van der Waals surface area contributed by atoms with Gasteiger partial charge in [0.05, 0.1) is 17.4 Å². The van der Waals surface area contributed by atoms with Gasteiger partial charge in [-0.05, 0) is 17.7 Å². The molecule has 0 unspecified atom stereocenters. The lowest BCUT2D eigenvalue weighted by Gasteiger charge is -2.12. The number of hydrogen-bond donors (Lipinski definition) is 1. The molecule has 2 heterocycles. The zero-order valence-corrected chi connectivity index (χ0v) is 11.7. The number of nitrogens with zero attached hydrogens (tertiary/aromatic N) is 2. The highest BCUT2D eigenvalue weighted by Gasteiger charge is 2.12. The van der Waals surface area contributed by atoms with E-state index in [1.165, 1.54) is 6.92 Å². The molecule has 0 atom stereocenters. The first-order chi connectivity index (χ1) is 10.3. The molecule has 104 valence electrons. The Hall–Kier alpha value is -2.88. The molecule has 0 aliphatic heterocycles. The fourth-order valence-electron chi connectivity index (χ4n) is 2.31. The van der Waals surface area contributed by atoms with Crippen LogP contribution in [0.2, 0.25) is 0 Å². The fourth-order valence-corrected chi connectivity index (χ4v) is 2.31. The highest BCUT2D eigenvalue weighted by atomic mass is 16.1. The minimum absolute atomic E-state index is 0.111. The van der Waals surface area contributed by atoms with Crippen LogP contribution < -0.4 is 5.32 Å². The average Bonchev–Trinajstić information content (AvgIpc) is 2.87. The van der Waals surface area contributed by atoms with Gasteiger partial charge in [-0.3, -0.25) is 4.79 Å². The van der Waals surface area contributed by atoms with E-state index in [1.807, 2.05) is 60.9 Å². The number of hydrogen-bond acceptors (Lipinski definition) is 2. The first-order valence-corrected chi connectivity index (χ1v) is 6.72. The van der Waals surface area contributed by atoms with Crippen LogP contribution in [-0.4, -0.2) is 15.5 Å². The molecule has 21 heavy (non-hydrogen) atoms. The minimum Gasteiger partial charge on any atom is -0.324 e. The lowest BCUT2D eigenvalue weighted by Crippen LogP contribution is -2.10. The summed E-state index contributed by atoms with van der Waals surface area (Å²) < 4.78 is 1.80. The summed E-state index contributed by atoms with van der Waals surface area (Å²) in [4.78, 5) is 11.4. The zero-order valence-electron chi connectivity index (χ0n) is 11.7. The van der Waals surface area contributed by atoms with Gasteiger partial charge < -0.3 is 5.32 Å². The first-order valence-electron chi connectivity index (χ1n) is 6.72. The van der Waals surface area contributed by atoms with Crippen LogP contribution in [0.3, 0.4) is 0 Å². The van der Waals surface area contributed by atoms with E-state index in [9.17, 15) is 4.79 Å². The Balaban J connectivity index is 2.22. The summed E-state index contributed by atoms with van der Waals surface area (Å²) in [6, 6.07) is 3.92. The third kappa shape index (κ3) is 2.69. The predicted molar refractivity (Wildman–Crippen MR) is 84.9 cm³/mol. The number of allylic oxidation sites excluding steroid dienone is 8. The van der Waals surface area contributed by atoms with E-state index in [1.54, 1.807) is 10.7 Å². The van der Waals surface area contributed by atoms with E-state index in [-0.39, 0.29) is 5.91 Å². The summed E-state index contributed by atoms with van der Waals surface area (Å²) in [7, 11) is 0. The normalized spacial score (nSPS) is 16.9. The number of fused-ring (bicyclic) bond motifs is 1. The van der Waals surface area contributed by atoms with Crippen LogP contribution in [0.4, 0.5) is 5.69 Å². The lowest BCUT2D eigenvalue weighted by atomic mass is 10.0. The summed E-state index contributed by atoms with van der Waals surface area (Å²) in [5.41, 5.74) is 3.64. The van der Waals surface area contributed by atoms with Crippen molar-refractivity contribution in [3.63, 3.8) is 0 Å². The van der Waals surface area contributed by atoms with E-state index in [0.717, 1.165) is 16.7 Å². The Morgan fingerprint density at radius 3 is 2.86 bits per heavy atom. The molecule has 1 N–H and O–H groups in total. The van der Waals surface area contributed by atoms with Crippen LogP contribution in [0.5, 0.6) is 0 Å². The predicted octanol–water partition coefficient (Wildman–Crippen LogP) is 3.36. The van der Waals surface area contributed by atoms with E-state index < -0.39 is 0 Å². The number of amides is 1. The van der Waals surface area contributed by atoms with Crippen molar-refractivity contribution >= 4 is 22.7 Å². The molecule has 0 radical (unpaired) electrons. The summed E-state index contributed by atoms with van der Waals surface area (Å²) in [6.07, 6.45) is 17.5. The summed E-state index contributed by atoms with van der Waals surface area (Å²) in [5.74, 6) is -0.111. The van der Waals surface area contributed by atoms with Crippen LogP contribution in [0.15, 0.2) is 67.1 Å². The quantitative estimate of drug-likeness (QED) is 0.915. The number of nitrogens with one attached hydrogen (secondary N) is 1. The molecule has 4 heteroatoms. The second-order valence-corrected chi connectivity index (χ2v) is 4.70. The number of aromatic nitrogens is 2. The third-order valence-electron chi connectivity index (χ3n) is 3.16. The maximum atomic E-state index is 11.4. The monoisotopic (exact) mass is 277 g/mol. The molecule has 0 spiro atoms. The molecule has 2 aromatic rings. The van der Waals surface area contributed by atoms with Crippen LogP contribution in [0.1, 0.15) is 12.5 Å². The van der Waals surface area contributed by atoms with Crippen molar-refractivity contribution in [1.29, 1.82) is 0 Å². The van der Waals surface area contributed by atoms with Crippen molar-refractivity contribution in [3.05, 3.63) is 72.6 Å². The van der Waals surface area contributed by atoms with E-state index >= 15 is 0 Å². The molecule has 1 aliphatic carbocycles. The fraction of sp³-hybridized carbons (Fsp3) is 0.0588. The average molecular weight is 277 g/mol. The molecule has 4 nitrogen and oxygen atoms in total. The van der Waals surface area contributed by atoms with Gasteiger partial charge in [-0.1, -0.05) is 42.5 Å². The van der Waals surface area contributed by atoms with Crippen molar-refractivity contribution in [2.45, 2.75) is 6.92 Å². The van der Waals surface area contributed by atoms with E-state index in [2.05, 4.69) is 10.4 Å². The molecule has 0 saturated heterocycles. The van der Waals surface area contributed by atoms with Crippen LogP contribution in [0.25, 0.3) is 11.1 Å². The third-order valence-corrected chi connectivity index (χ3v) is 3.16. The van der Waals surface area contributed by atoms with E-state index in [0.29, 0.717) is 5.69 Å². The summed E-state index contributed by atoms with van der Waals surface area (Å²) in [6.45, 7) is 1.50. The van der Waals surface area contributed by atoms with Gasteiger partial charge in [0.2, 0.25) is 5.91 Å². The van der Waals surface area contributed by atoms with Crippen molar-refractivity contribution in [3.8, 4) is 0 Å². The lowest BCUT2D eigenvalue weighted by molar-refractivity contribution is -0.114. The number of carbonyl (C=O) groups is 1. The topological polar surface area (TPSA) is 46.4 Å². The second kappa shape index (κ2) is 5.63. The Morgan fingerprint density at radius 2 is 2.00 bits per heavy atom. The van der Waals surface area contributed by atoms with Gasteiger partial charge >= 0.3 is 0 Å². The van der Waals surface area contributed by atoms with Gasteiger partial charge in [-0.2, -0.15) is 5.10 Å². The number of anilines is 1. The van der Waals surface area contributed by atoms with Crippen molar-refractivity contribution in [2.24, 2.45) is 0 Å². The second-order valence-electron chi connectivity index (χ2n) is 4.70. The van der Waals surface area contributed by atoms with Gasteiger partial charge in [0, 0.05) is 18.7 Å². The Bertz CT molecular complexity index is 807. The largest absolute Gasteiger partial charge is 0.324 e. The van der Waals surface area contributed by atoms with Crippen LogP contribution in [-0.2, 0) is 4.79 Å². The SMILES string of the molecule is CC(=O)Nc1cnn2cccc2c1C1=C/C=C\C=C/C=C1.